The minimum absolute atomic E-state index is 0.113. The van der Waals surface area contributed by atoms with Crippen molar-refractivity contribution in [1.82, 2.24) is 0 Å². The Morgan fingerprint density at radius 3 is 1.52 bits per heavy atom. The van der Waals surface area contributed by atoms with Gasteiger partial charge in [-0.25, -0.2) is 0 Å². The molecule has 7 heterocycles. The van der Waals surface area contributed by atoms with Crippen LogP contribution >= 0.6 is 0 Å². The molecular weight excluding hydrogens is 544 g/mol. The van der Waals surface area contributed by atoms with Gasteiger partial charge < -0.3 is 46.7 Å². The molecule has 10 nitrogen and oxygen atoms in total. The van der Waals surface area contributed by atoms with Crippen molar-refractivity contribution in [3.8, 4) is 23.0 Å². The van der Waals surface area contributed by atoms with Gasteiger partial charge in [0.15, 0.2) is 22.7 Å². The van der Waals surface area contributed by atoms with Crippen molar-refractivity contribution in [2.24, 2.45) is 0 Å². The summed E-state index contributed by atoms with van der Waals surface area (Å²) in [7, 11) is 0. The van der Waals surface area contributed by atoms with Gasteiger partial charge >= 0.3 is 11.9 Å². The maximum Gasteiger partial charge on any atom is 0.350 e. The number of benzene rings is 2. The summed E-state index contributed by atoms with van der Waals surface area (Å²) in [6, 6.07) is 7.71. The van der Waals surface area contributed by atoms with E-state index in [9.17, 15) is 0 Å². The maximum atomic E-state index is 6.52. The molecule has 5 aliphatic heterocycles. The fraction of sp³-hybridized carbons (Fsp3) is 0.375. The highest BCUT2D eigenvalue weighted by molar-refractivity contribution is 5.91. The normalized spacial score (nSPS) is 31.4. The van der Waals surface area contributed by atoms with E-state index < -0.39 is 35.4 Å². The number of furan rings is 2. The third kappa shape index (κ3) is 3.40. The van der Waals surface area contributed by atoms with Crippen molar-refractivity contribution in [2.75, 3.05) is 13.2 Å². The van der Waals surface area contributed by atoms with Crippen molar-refractivity contribution in [2.45, 2.75) is 63.1 Å². The quantitative estimate of drug-likeness (QED) is 0.244. The molecule has 0 saturated carbocycles. The Balaban J connectivity index is 1.21. The Bertz CT molecular complexity index is 1710. The molecule has 5 aliphatic rings. The molecule has 4 unspecified atom stereocenters. The minimum atomic E-state index is -1.50. The lowest BCUT2D eigenvalue weighted by atomic mass is 10.0. The lowest BCUT2D eigenvalue weighted by Crippen LogP contribution is -2.40. The number of hydrogen-bond donors (Lipinski definition) is 0. The van der Waals surface area contributed by atoms with Crippen molar-refractivity contribution < 1.29 is 46.7 Å². The maximum absolute atomic E-state index is 6.52. The van der Waals surface area contributed by atoms with E-state index in [0.717, 1.165) is 21.9 Å². The third-order valence-corrected chi connectivity index (χ3v) is 8.52. The predicted molar refractivity (Wildman–Crippen MR) is 148 cm³/mol. The summed E-state index contributed by atoms with van der Waals surface area (Å²) >= 11 is 0. The van der Waals surface area contributed by atoms with Crippen LogP contribution in [0.5, 0.6) is 23.0 Å². The second-order valence-corrected chi connectivity index (χ2v) is 12.2. The smallest absolute Gasteiger partial charge is 0.350 e. The molecule has 4 atom stereocenters. The average molecular weight is 573 g/mol. The molecule has 2 saturated heterocycles. The largest absolute Gasteiger partial charge is 0.483 e. The fourth-order valence-corrected chi connectivity index (χ4v) is 6.24. The van der Waals surface area contributed by atoms with Gasteiger partial charge in [-0.1, -0.05) is 0 Å². The van der Waals surface area contributed by atoms with Crippen LogP contribution in [-0.2, 0) is 18.9 Å². The average Bonchev–Trinajstić information content (AvgIpc) is 3.69. The van der Waals surface area contributed by atoms with Crippen LogP contribution in [0, 0.1) is 0 Å². The fourth-order valence-electron chi connectivity index (χ4n) is 6.24. The first-order chi connectivity index (χ1) is 20.1. The highest BCUT2D eigenvalue weighted by atomic mass is 16.9. The van der Waals surface area contributed by atoms with Gasteiger partial charge in [0.05, 0.1) is 23.7 Å². The molecule has 0 amide bonds. The van der Waals surface area contributed by atoms with E-state index >= 15 is 0 Å². The van der Waals surface area contributed by atoms with Gasteiger partial charge in [-0.15, -0.1) is 0 Å². The van der Waals surface area contributed by atoms with E-state index in [-0.39, 0.29) is 13.2 Å². The Kier molecular flexibility index (Phi) is 4.63. The summed E-state index contributed by atoms with van der Waals surface area (Å²) in [6.45, 7) is 7.96. The summed E-state index contributed by atoms with van der Waals surface area (Å²) in [4.78, 5) is 0. The Hall–Kier alpha value is -3.96. The topological polar surface area (TPSA) is 100 Å². The van der Waals surface area contributed by atoms with E-state index in [1.165, 1.54) is 0 Å². The zero-order valence-corrected chi connectivity index (χ0v) is 23.4. The van der Waals surface area contributed by atoms with Gasteiger partial charge in [-0.2, -0.15) is 0 Å². The van der Waals surface area contributed by atoms with Crippen LogP contribution in [0.4, 0.5) is 0 Å². The van der Waals surface area contributed by atoms with Crippen molar-refractivity contribution in [3.63, 3.8) is 0 Å². The van der Waals surface area contributed by atoms with Crippen molar-refractivity contribution >= 4 is 34.1 Å². The molecule has 2 fully saturated rings. The molecule has 2 spiro atoms. The van der Waals surface area contributed by atoms with Gasteiger partial charge in [0.25, 0.3) is 0 Å². The highest BCUT2D eigenvalue weighted by Crippen LogP contribution is 2.52. The van der Waals surface area contributed by atoms with E-state index in [2.05, 4.69) is 0 Å². The van der Waals surface area contributed by atoms with Crippen LogP contribution in [0.25, 0.3) is 34.1 Å². The first-order valence-electron chi connectivity index (χ1n) is 14.0. The van der Waals surface area contributed by atoms with Gasteiger partial charge in [0.2, 0.25) is 11.5 Å². The van der Waals surface area contributed by atoms with E-state index in [1.807, 2.05) is 64.1 Å². The molecule has 216 valence electrons. The minimum Gasteiger partial charge on any atom is -0.483 e. The zero-order valence-electron chi connectivity index (χ0n) is 23.4. The summed E-state index contributed by atoms with van der Waals surface area (Å²) in [5.41, 5.74) is 1.10. The van der Waals surface area contributed by atoms with Gasteiger partial charge in [0.1, 0.15) is 25.4 Å². The first kappa shape index (κ1) is 24.6. The Labute approximate surface area is 240 Å². The molecule has 0 radical (unpaired) electrons. The number of hydrogen-bond acceptors (Lipinski definition) is 10. The molecule has 4 aromatic rings. The lowest BCUT2D eigenvalue weighted by molar-refractivity contribution is -0.273. The van der Waals surface area contributed by atoms with Crippen LogP contribution in [0.2, 0.25) is 0 Å². The molecule has 42 heavy (non-hydrogen) atoms. The third-order valence-electron chi connectivity index (χ3n) is 8.52. The first-order valence-corrected chi connectivity index (χ1v) is 14.0. The highest BCUT2D eigenvalue weighted by Gasteiger charge is 2.57. The lowest BCUT2D eigenvalue weighted by Gasteiger charge is -2.31. The summed E-state index contributed by atoms with van der Waals surface area (Å²) in [6.07, 6.45) is 9.52. The molecule has 6 bridgehead atoms. The number of rotatable bonds is 0. The van der Waals surface area contributed by atoms with Crippen molar-refractivity contribution in [3.05, 3.63) is 60.1 Å². The summed E-state index contributed by atoms with van der Waals surface area (Å²) < 4.78 is 63.6. The Morgan fingerprint density at radius 2 is 1.07 bits per heavy atom. The van der Waals surface area contributed by atoms with Gasteiger partial charge in [-0.05, 0) is 64.1 Å². The summed E-state index contributed by atoms with van der Waals surface area (Å²) in [5, 5.41) is 1.74. The Morgan fingerprint density at radius 1 is 0.619 bits per heavy atom. The predicted octanol–water partition coefficient (Wildman–Crippen LogP) is 6.16. The SMILES string of the molecule is CC1(C)OC23C=Cc4cc5ccoc5c(c4O2)OCC2OC4(C=Cc5cc6ccoc6c(c5O4)OCC1O3)OC2(C)C. The van der Waals surface area contributed by atoms with Gasteiger partial charge in [0, 0.05) is 34.1 Å². The second-order valence-electron chi connectivity index (χ2n) is 12.2. The molecule has 9 rings (SSSR count). The van der Waals surface area contributed by atoms with E-state index in [4.69, 9.17) is 46.7 Å². The van der Waals surface area contributed by atoms with E-state index in [1.54, 1.807) is 24.7 Å². The second kappa shape index (κ2) is 7.90. The van der Waals surface area contributed by atoms with Crippen LogP contribution in [0.15, 0.2) is 57.8 Å². The van der Waals surface area contributed by atoms with Crippen LogP contribution < -0.4 is 18.9 Å². The molecule has 2 aromatic heterocycles. The standard InChI is InChI=1S/C32H28O10/c1-29(2)21-15-35-27-23-19(7-11-33-23)14-18-6-10-32(40-26(18)27)38-22(30(3,4)42-32)16-36-28-24-20(8-12-34-24)13-17-5-9-31(37-21,41-29)39-25(17)28/h5-14,21-22H,15-16H2,1-4H3. The molecule has 2 aromatic carbocycles. The van der Waals surface area contributed by atoms with Crippen LogP contribution in [0.1, 0.15) is 38.8 Å². The molecule has 10 heteroatoms. The number of ether oxygens (including phenoxy) is 8. The zero-order chi connectivity index (χ0) is 28.5. The molecule has 0 N–H and O–H groups in total. The van der Waals surface area contributed by atoms with Crippen LogP contribution in [0.3, 0.4) is 0 Å². The molecule has 0 aliphatic carbocycles. The molecular formula is C32H28O10. The monoisotopic (exact) mass is 572 g/mol. The summed E-state index contributed by atoms with van der Waals surface area (Å²) in [5.74, 6) is -1.29. The van der Waals surface area contributed by atoms with Crippen LogP contribution in [-0.4, -0.2) is 48.6 Å². The van der Waals surface area contributed by atoms with E-state index in [0.29, 0.717) is 34.2 Å². The van der Waals surface area contributed by atoms with Crippen molar-refractivity contribution in [1.29, 1.82) is 0 Å². The van der Waals surface area contributed by atoms with Gasteiger partial charge in [-0.3, -0.25) is 0 Å². The number of fused-ring (bicyclic) bond motifs is 6.